The minimum atomic E-state index is 0.279. The van der Waals surface area contributed by atoms with E-state index in [0.717, 1.165) is 47.6 Å². The number of rotatable bonds is 7. The van der Waals surface area contributed by atoms with Crippen LogP contribution in [0, 0.1) is 18.3 Å². The molecule has 0 unspecified atom stereocenters. The summed E-state index contributed by atoms with van der Waals surface area (Å²) in [6.07, 6.45) is 1.07. The van der Waals surface area contributed by atoms with E-state index >= 15 is 0 Å². The summed E-state index contributed by atoms with van der Waals surface area (Å²) in [6, 6.07) is 23.2. The van der Waals surface area contributed by atoms with Crippen LogP contribution in [0.25, 0.3) is 16.8 Å². The molecule has 7 nitrogen and oxygen atoms in total. The van der Waals surface area contributed by atoms with Crippen LogP contribution in [0.3, 0.4) is 0 Å². The quantitative estimate of drug-likeness (QED) is 0.401. The van der Waals surface area contributed by atoms with E-state index in [4.69, 9.17) is 14.8 Å². The number of anilines is 1. The molecule has 0 aliphatic carbocycles. The van der Waals surface area contributed by atoms with Gasteiger partial charge >= 0.3 is 0 Å². The molecule has 2 aromatic heterocycles. The molecule has 3 heterocycles. The molecule has 0 spiro atoms. The molecular formula is C28H30N6O. The molecule has 4 aromatic rings. The second kappa shape index (κ2) is 9.87. The predicted octanol–water partition coefficient (Wildman–Crippen LogP) is 4.43. The summed E-state index contributed by atoms with van der Waals surface area (Å²) in [5.41, 5.74) is 5.28. The molecule has 0 radical (unpaired) electrons. The fourth-order valence-corrected chi connectivity index (χ4v) is 4.86. The lowest BCUT2D eigenvalue weighted by molar-refractivity contribution is 0.102. The van der Waals surface area contributed by atoms with Gasteiger partial charge in [-0.1, -0.05) is 60.7 Å². The van der Waals surface area contributed by atoms with E-state index in [9.17, 15) is 5.26 Å². The second-order valence-electron chi connectivity index (χ2n) is 9.27. The maximum atomic E-state index is 10.1. The van der Waals surface area contributed by atoms with Crippen LogP contribution >= 0.6 is 0 Å². The lowest BCUT2D eigenvalue weighted by atomic mass is 9.97. The summed E-state index contributed by atoms with van der Waals surface area (Å²) in [5.74, 6) is 1.57. The third-order valence-corrected chi connectivity index (χ3v) is 6.76. The molecule has 0 amide bonds. The van der Waals surface area contributed by atoms with Gasteiger partial charge in [0.1, 0.15) is 24.1 Å². The van der Waals surface area contributed by atoms with E-state index in [0.29, 0.717) is 29.7 Å². The molecule has 178 valence electrons. The highest BCUT2D eigenvalue weighted by molar-refractivity contribution is 5.85. The smallest absolute Gasteiger partial charge is 0.177 e. The van der Waals surface area contributed by atoms with Gasteiger partial charge in [-0.2, -0.15) is 9.78 Å². The van der Waals surface area contributed by atoms with Crippen LogP contribution in [0.5, 0.6) is 0 Å². The van der Waals surface area contributed by atoms with Gasteiger partial charge in [0.2, 0.25) is 0 Å². The Bertz CT molecular complexity index is 1360. The van der Waals surface area contributed by atoms with Crippen molar-refractivity contribution < 1.29 is 4.74 Å². The molecule has 5 rings (SSSR count). The third kappa shape index (κ3) is 4.51. The zero-order valence-electron chi connectivity index (χ0n) is 20.5. The number of aromatic nitrogens is 3. The summed E-state index contributed by atoms with van der Waals surface area (Å²) in [7, 11) is 4.26. The van der Waals surface area contributed by atoms with Crippen LogP contribution in [-0.4, -0.2) is 52.7 Å². The number of ether oxygens (including phenoxy) is 1. The number of fused-ring (bicyclic) bond motifs is 1. The number of hydrogen-bond donors (Lipinski definition) is 0. The monoisotopic (exact) mass is 466 g/mol. The molecule has 0 bridgehead atoms. The fourth-order valence-electron chi connectivity index (χ4n) is 4.86. The Balaban J connectivity index is 1.60. The summed E-state index contributed by atoms with van der Waals surface area (Å²) in [6.45, 7) is 4.60. The highest BCUT2D eigenvalue weighted by Gasteiger charge is 2.31. The molecule has 1 saturated heterocycles. The van der Waals surface area contributed by atoms with Gasteiger partial charge in [-0.15, -0.1) is 5.10 Å². The minimum Gasteiger partial charge on any atom is -0.369 e. The van der Waals surface area contributed by atoms with Crippen molar-refractivity contribution in [2.24, 2.45) is 0 Å². The van der Waals surface area contributed by atoms with Crippen LogP contribution in [0.1, 0.15) is 28.9 Å². The van der Waals surface area contributed by atoms with Crippen molar-refractivity contribution in [2.45, 2.75) is 32.6 Å². The zero-order valence-corrected chi connectivity index (χ0v) is 20.5. The largest absolute Gasteiger partial charge is 0.369 e. The first kappa shape index (κ1) is 23.0. The van der Waals surface area contributed by atoms with Gasteiger partial charge in [-0.3, -0.25) is 0 Å². The molecule has 35 heavy (non-hydrogen) atoms. The number of likely N-dealkylation sites (N-methyl/N-ethyl adjacent to an activating group) is 1. The maximum Gasteiger partial charge on any atom is 0.177 e. The molecule has 1 fully saturated rings. The Morgan fingerprint density at radius 2 is 1.77 bits per heavy atom. The van der Waals surface area contributed by atoms with Crippen molar-refractivity contribution in [1.29, 1.82) is 5.26 Å². The third-order valence-electron chi connectivity index (χ3n) is 6.76. The van der Waals surface area contributed by atoms with Crippen molar-refractivity contribution in [3.63, 3.8) is 0 Å². The Morgan fingerprint density at radius 1 is 1.06 bits per heavy atom. The van der Waals surface area contributed by atoms with Gasteiger partial charge in [0.15, 0.2) is 11.5 Å². The Hall–Kier alpha value is -3.73. The van der Waals surface area contributed by atoms with Gasteiger partial charge in [0.25, 0.3) is 0 Å². The molecule has 2 aromatic carbocycles. The summed E-state index contributed by atoms with van der Waals surface area (Å²) in [5, 5.41) is 15.0. The Morgan fingerprint density at radius 3 is 2.43 bits per heavy atom. The van der Waals surface area contributed by atoms with Crippen molar-refractivity contribution in [1.82, 2.24) is 19.5 Å². The number of hydrogen-bond acceptors (Lipinski definition) is 6. The lowest BCUT2D eigenvalue weighted by Gasteiger charge is -2.26. The number of pyridine rings is 1. The predicted molar refractivity (Wildman–Crippen MR) is 137 cm³/mol. The van der Waals surface area contributed by atoms with Crippen LogP contribution in [0.2, 0.25) is 0 Å². The average molecular weight is 467 g/mol. The average Bonchev–Trinajstić information content (AvgIpc) is 3.52. The van der Waals surface area contributed by atoms with E-state index in [1.165, 1.54) is 0 Å². The van der Waals surface area contributed by atoms with Crippen LogP contribution in [0.15, 0.2) is 60.7 Å². The van der Waals surface area contributed by atoms with E-state index in [2.05, 4.69) is 42.1 Å². The topological polar surface area (TPSA) is 69.7 Å². The SMILES string of the molecule is Cc1c(-c2ccccc2)c(N2CC[C@H](N(C)C)C2)n2nc(COCc3ccccc3)nc2c1C#N. The Kier molecular flexibility index (Phi) is 6.49. The zero-order chi connectivity index (χ0) is 24.4. The van der Waals surface area contributed by atoms with Crippen molar-refractivity contribution in [3.8, 4) is 17.2 Å². The first-order valence-electron chi connectivity index (χ1n) is 12.0. The molecule has 0 N–H and O–H groups in total. The first-order valence-corrected chi connectivity index (χ1v) is 12.0. The number of nitrogens with zero attached hydrogens (tertiary/aromatic N) is 6. The Labute approximate surface area is 206 Å². The van der Waals surface area contributed by atoms with Crippen molar-refractivity contribution >= 4 is 11.5 Å². The molecule has 1 aliphatic heterocycles. The van der Waals surface area contributed by atoms with Gasteiger partial charge in [-0.25, -0.2) is 4.98 Å². The first-order chi connectivity index (χ1) is 17.1. The van der Waals surface area contributed by atoms with Gasteiger partial charge in [0, 0.05) is 24.7 Å². The van der Waals surface area contributed by atoms with E-state index < -0.39 is 0 Å². The molecule has 7 heteroatoms. The lowest BCUT2D eigenvalue weighted by Crippen LogP contribution is -2.32. The fraction of sp³-hybridized carbons (Fsp3) is 0.321. The number of nitriles is 1. The minimum absolute atomic E-state index is 0.279. The van der Waals surface area contributed by atoms with Gasteiger partial charge in [-0.05, 0) is 44.1 Å². The highest BCUT2D eigenvalue weighted by Crippen LogP contribution is 2.38. The molecule has 1 atom stereocenters. The normalized spacial score (nSPS) is 15.7. The molecular weight excluding hydrogens is 436 g/mol. The summed E-state index contributed by atoms with van der Waals surface area (Å²) < 4.78 is 7.79. The highest BCUT2D eigenvalue weighted by atomic mass is 16.5. The number of benzene rings is 2. The van der Waals surface area contributed by atoms with E-state index in [-0.39, 0.29) is 6.61 Å². The van der Waals surface area contributed by atoms with Crippen molar-refractivity contribution in [2.75, 3.05) is 32.1 Å². The van der Waals surface area contributed by atoms with Gasteiger partial charge in [0.05, 0.1) is 6.61 Å². The van der Waals surface area contributed by atoms with Gasteiger partial charge < -0.3 is 14.5 Å². The van der Waals surface area contributed by atoms with Crippen LogP contribution < -0.4 is 4.90 Å². The summed E-state index contributed by atoms with van der Waals surface area (Å²) >= 11 is 0. The van der Waals surface area contributed by atoms with E-state index in [1.807, 2.05) is 60.0 Å². The molecule has 0 saturated carbocycles. The van der Waals surface area contributed by atoms with Crippen molar-refractivity contribution in [3.05, 3.63) is 83.2 Å². The van der Waals surface area contributed by atoms with E-state index in [1.54, 1.807) is 0 Å². The molecule has 1 aliphatic rings. The standard InChI is InChI=1S/C28H30N6O/c1-20-24(16-29)27-30-25(19-35-18-21-10-6-4-7-11-21)31-34(27)28(26(20)22-12-8-5-9-13-22)33-15-14-23(17-33)32(2)3/h4-13,23H,14-15,17-19H2,1-3H3/t23-/m0/s1. The summed E-state index contributed by atoms with van der Waals surface area (Å²) in [4.78, 5) is 9.43. The second-order valence-corrected chi connectivity index (χ2v) is 9.27. The van der Waals surface area contributed by atoms with Crippen LogP contribution in [0.4, 0.5) is 5.82 Å². The maximum absolute atomic E-state index is 10.1. The van der Waals surface area contributed by atoms with Crippen LogP contribution in [-0.2, 0) is 18.0 Å².